The molecular formula is C24H30ClF3N6O4. The van der Waals surface area contributed by atoms with Gasteiger partial charge in [0.05, 0.1) is 23.3 Å². The van der Waals surface area contributed by atoms with Crippen LogP contribution in [0.1, 0.15) is 30.4 Å². The number of likely N-dealkylation sites (tertiary alicyclic amines) is 1. The van der Waals surface area contributed by atoms with E-state index in [9.17, 15) is 32.3 Å². The van der Waals surface area contributed by atoms with Gasteiger partial charge in [-0.3, -0.25) is 29.7 Å². The van der Waals surface area contributed by atoms with Crippen molar-refractivity contribution >= 4 is 47.0 Å². The van der Waals surface area contributed by atoms with Crippen LogP contribution < -0.4 is 10.6 Å². The number of hydrogen-bond acceptors (Lipinski definition) is 7. The highest BCUT2D eigenvalue weighted by molar-refractivity contribution is 6.35. The first-order valence-corrected chi connectivity index (χ1v) is 12.4. The number of aromatic amines is 1. The van der Waals surface area contributed by atoms with Crippen molar-refractivity contribution in [1.82, 2.24) is 30.6 Å². The van der Waals surface area contributed by atoms with Crippen LogP contribution in [0.25, 0.3) is 10.9 Å². The molecule has 0 aliphatic carbocycles. The van der Waals surface area contributed by atoms with E-state index in [4.69, 9.17) is 11.6 Å². The smallest absolute Gasteiger partial charge is 0.343 e. The summed E-state index contributed by atoms with van der Waals surface area (Å²) < 4.78 is 38.9. The first-order valence-electron chi connectivity index (χ1n) is 12.0. The fraction of sp³-hybridized carbons (Fsp3) is 0.542. The fourth-order valence-corrected chi connectivity index (χ4v) is 5.18. The van der Waals surface area contributed by atoms with E-state index in [-0.39, 0.29) is 51.2 Å². The van der Waals surface area contributed by atoms with Crippen LogP contribution in [-0.4, -0.2) is 90.0 Å². The van der Waals surface area contributed by atoms with Crippen LogP contribution in [0.4, 0.5) is 13.2 Å². The number of nitrogens with one attached hydrogen (secondary N) is 3. The van der Waals surface area contributed by atoms with E-state index in [1.165, 1.54) is 13.2 Å². The van der Waals surface area contributed by atoms with Crippen molar-refractivity contribution in [2.75, 3.05) is 33.7 Å². The zero-order chi connectivity index (χ0) is 28.1. The number of likely N-dealkylation sites (N-methyl/N-ethyl adjacent to an activating group) is 1. The minimum absolute atomic E-state index is 0.0668. The van der Waals surface area contributed by atoms with Gasteiger partial charge in [-0.2, -0.15) is 18.3 Å². The van der Waals surface area contributed by atoms with Gasteiger partial charge in [-0.15, -0.1) is 0 Å². The third kappa shape index (κ3) is 6.88. The van der Waals surface area contributed by atoms with Crippen LogP contribution in [0.3, 0.4) is 0 Å². The van der Waals surface area contributed by atoms with Crippen molar-refractivity contribution in [3.05, 3.63) is 28.4 Å². The molecule has 3 N–H and O–H groups in total. The van der Waals surface area contributed by atoms with Crippen molar-refractivity contribution in [2.24, 2.45) is 5.92 Å². The van der Waals surface area contributed by atoms with E-state index in [0.717, 1.165) is 4.90 Å². The lowest BCUT2D eigenvalue weighted by Gasteiger charge is -2.40. The van der Waals surface area contributed by atoms with Crippen molar-refractivity contribution in [3.8, 4) is 0 Å². The van der Waals surface area contributed by atoms with Gasteiger partial charge in [0, 0.05) is 37.4 Å². The van der Waals surface area contributed by atoms with Crippen LogP contribution in [-0.2, 0) is 32.1 Å². The number of aromatic nitrogens is 2. The summed E-state index contributed by atoms with van der Waals surface area (Å²) in [7, 11) is 2.95. The molecule has 3 amide bonds. The zero-order valence-corrected chi connectivity index (χ0v) is 21.8. The molecule has 1 fully saturated rings. The van der Waals surface area contributed by atoms with Crippen LogP contribution in [0.15, 0.2) is 12.3 Å². The normalized spacial score (nSPS) is 16.4. The maximum absolute atomic E-state index is 13.0. The van der Waals surface area contributed by atoms with Gasteiger partial charge >= 0.3 is 6.18 Å². The molecule has 0 radical (unpaired) electrons. The highest BCUT2D eigenvalue weighted by atomic mass is 35.5. The summed E-state index contributed by atoms with van der Waals surface area (Å²) in [6.45, 7) is -0.698. The summed E-state index contributed by atoms with van der Waals surface area (Å²) in [4.78, 5) is 50.7. The summed E-state index contributed by atoms with van der Waals surface area (Å²) in [5, 5.41) is 12.6. The largest absolute Gasteiger partial charge is 0.401 e. The van der Waals surface area contributed by atoms with E-state index < -0.39 is 30.1 Å². The highest BCUT2D eigenvalue weighted by Gasteiger charge is 2.41. The molecule has 14 heteroatoms. The van der Waals surface area contributed by atoms with E-state index in [1.54, 1.807) is 18.0 Å². The molecule has 10 nitrogen and oxygen atoms in total. The first kappa shape index (κ1) is 29.5. The fourth-order valence-electron chi connectivity index (χ4n) is 4.91. The summed E-state index contributed by atoms with van der Waals surface area (Å²) in [5.41, 5.74) is 0.600. The quantitative estimate of drug-likeness (QED) is 0.359. The van der Waals surface area contributed by atoms with Gasteiger partial charge in [0.2, 0.25) is 18.2 Å². The molecule has 1 atom stereocenters. The Hall–Kier alpha value is -3.03. The molecule has 0 saturated carbocycles. The number of piperidine rings is 1. The average molecular weight is 559 g/mol. The van der Waals surface area contributed by atoms with Gasteiger partial charge in [-0.05, 0) is 50.6 Å². The monoisotopic (exact) mass is 558 g/mol. The van der Waals surface area contributed by atoms with Crippen LogP contribution >= 0.6 is 11.6 Å². The van der Waals surface area contributed by atoms with E-state index in [1.807, 2.05) is 0 Å². The standard InChI is InChI=1S/C24H30ClF3N6O4/c1-29-23(22(38)30-14-36)3-5-34(6-4-23)20(37)8-15(12-35)7-16-9-19(25)21-17(10-31-32-21)18(16)11-33(2)13-24(26,27)28/h9-10,12,14-15,29H,3-8,11,13H2,1-2H3,(H,31,32)(H,30,36,38)/t15-/m0/s1. The number of hydrogen-bond donors (Lipinski definition) is 3. The Balaban J connectivity index is 1.74. The lowest BCUT2D eigenvalue weighted by molar-refractivity contribution is -0.144. The molecule has 3 rings (SSSR count). The second kappa shape index (κ2) is 12.2. The molecule has 2 aromatic rings. The molecule has 0 unspecified atom stereocenters. The molecule has 2 heterocycles. The zero-order valence-electron chi connectivity index (χ0n) is 21.0. The van der Waals surface area contributed by atoms with Crippen LogP contribution in [0, 0.1) is 5.92 Å². The number of H-pyrrole nitrogens is 1. The van der Waals surface area contributed by atoms with Crippen molar-refractivity contribution < 1.29 is 32.3 Å². The Labute approximate surface area is 222 Å². The molecule has 0 bridgehead atoms. The first-order chi connectivity index (χ1) is 17.9. The third-order valence-corrected chi connectivity index (χ3v) is 7.25. The highest BCUT2D eigenvalue weighted by Crippen LogP contribution is 2.32. The third-order valence-electron chi connectivity index (χ3n) is 6.95. The molecule has 1 aromatic carbocycles. The lowest BCUT2D eigenvalue weighted by Crippen LogP contribution is -2.61. The maximum Gasteiger partial charge on any atom is 0.401 e. The Bertz CT molecular complexity index is 1180. The number of alkyl halides is 3. The van der Waals surface area contributed by atoms with Gasteiger partial charge in [0.1, 0.15) is 11.8 Å². The average Bonchev–Trinajstić information content (AvgIpc) is 3.35. The van der Waals surface area contributed by atoms with E-state index >= 15 is 0 Å². The summed E-state index contributed by atoms with van der Waals surface area (Å²) in [6, 6.07) is 1.59. The van der Waals surface area contributed by atoms with Crippen LogP contribution in [0.5, 0.6) is 0 Å². The summed E-state index contributed by atoms with van der Waals surface area (Å²) in [6.07, 6.45) is -1.39. The maximum atomic E-state index is 13.0. The molecule has 1 aromatic heterocycles. The van der Waals surface area contributed by atoms with Crippen molar-refractivity contribution in [3.63, 3.8) is 0 Å². The Morgan fingerprint density at radius 3 is 2.58 bits per heavy atom. The molecule has 1 aliphatic rings. The number of carbonyl (C=O) groups excluding carboxylic acids is 4. The molecule has 1 saturated heterocycles. The molecule has 0 spiro atoms. The van der Waals surface area contributed by atoms with E-state index in [2.05, 4.69) is 20.8 Å². The van der Waals surface area contributed by atoms with Gasteiger partial charge in [-0.25, -0.2) is 0 Å². The summed E-state index contributed by atoms with van der Waals surface area (Å²) in [5.74, 6) is -1.50. The van der Waals surface area contributed by atoms with Gasteiger partial charge in [0.15, 0.2) is 0 Å². The van der Waals surface area contributed by atoms with Gasteiger partial charge in [0.25, 0.3) is 0 Å². The number of amides is 3. The number of nitrogens with zero attached hydrogens (tertiary/aromatic N) is 3. The Kier molecular flexibility index (Phi) is 9.49. The lowest BCUT2D eigenvalue weighted by atomic mass is 9.86. The number of aldehydes is 1. The Morgan fingerprint density at radius 1 is 1.32 bits per heavy atom. The molecule has 1 aliphatic heterocycles. The van der Waals surface area contributed by atoms with Crippen molar-refractivity contribution in [2.45, 2.75) is 43.9 Å². The minimum atomic E-state index is -4.39. The predicted molar refractivity (Wildman–Crippen MR) is 133 cm³/mol. The number of rotatable bonds is 11. The SMILES string of the molecule is CNC1(C(=O)NC=O)CCN(C(=O)C[C@@H](C=O)Cc2cc(Cl)c3[nH]ncc3c2CN(C)CC(F)(F)F)CC1. The minimum Gasteiger partial charge on any atom is -0.343 e. The van der Waals surface area contributed by atoms with Crippen molar-refractivity contribution in [1.29, 1.82) is 0 Å². The number of imide groups is 1. The second-order valence-electron chi connectivity index (χ2n) is 9.55. The molecule has 38 heavy (non-hydrogen) atoms. The van der Waals surface area contributed by atoms with E-state index in [0.29, 0.717) is 39.7 Å². The number of benzene rings is 1. The molecule has 208 valence electrons. The van der Waals surface area contributed by atoms with Gasteiger partial charge in [-0.1, -0.05) is 11.6 Å². The molecular weight excluding hydrogens is 529 g/mol. The number of fused-ring (bicyclic) bond motifs is 1. The predicted octanol–water partition coefficient (Wildman–Crippen LogP) is 1.81. The second-order valence-corrected chi connectivity index (χ2v) is 9.96. The van der Waals surface area contributed by atoms with Gasteiger partial charge < -0.3 is 15.0 Å². The Morgan fingerprint density at radius 2 is 2.00 bits per heavy atom. The summed E-state index contributed by atoms with van der Waals surface area (Å²) >= 11 is 6.37. The number of halogens is 4. The van der Waals surface area contributed by atoms with Crippen LogP contribution in [0.2, 0.25) is 5.02 Å². The topological polar surface area (TPSA) is 128 Å². The number of carbonyl (C=O) groups is 4.